The summed E-state index contributed by atoms with van der Waals surface area (Å²) in [5, 5.41) is 5.89. The first kappa shape index (κ1) is 40.8. The zero-order valence-electron chi connectivity index (χ0n) is 29.6. The molecule has 4 aromatic carbocycles. The number of benzene rings is 4. The van der Waals surface area contributed by atoms with Gasteiger partial charge < -0.3 is 6.42 Å². The minimum Gasteiger partial charge on any atom is -0.358 e. The van der Waals surface area contributed by atoms with Crippen molar-refractivity contribution in [2.45, 2.75) is 54.3 Å². The molecule has 1 saturated carbocycles. The molecule has 0 nitrogen and oxygen atoms in total. The molecule has 1 aliphatic rings. The van der Waals surface area contributed by atoms with E-state index >= 15 is 0 Å². The summed E-state index contributed by atoms with van der Waals surface area (Å²) >= 11 is 0. The third-order valence-electron chi connectivity index (χ3n) is 9.47. The molecule has 1 fully saturated rings. The van der Waals surface area contributed by atoms with Crippen LogP contribution in [0.1, 0.15) is 34.6 Å². The molecule has 5 rings (SSSR count). The fraction of sp³-hybridized carbons (Fsp3) is 0.349. The van der Waals surface area contributed by atoms with E-state index in [1.807, 2.05) is 5.92 Å². The van der Waals surface area contributed by atoms with E-state index in [-0.39, 0.29) is 32.9 Å². The van der Waals surface area contributed by atoms with Gasteiger partial charge in [0.1, 0.15) is 8.07 Å². The first-order valence-corrected chi connectivity index (χ1v) is 23.3. The molecule has 4 heteroatoms. The summed E-state index contributed by atoms with van der Waals surface area (Å²) in [5.74, 6) is 9.24. The Labute approximate surface area is 302 Å². The molecule has 0 amide bonds. The molecule has 0 unspecified atom stereocenters. The third-order valence-corrected chi connectivity index (χ3v) is 15.7. The SMILES string of the molecule is CC1C(C)C(C)C(C)C1C.[C-]#CC#C[Si](C)(C)C.[Fe+2].c1ccc(P(CCP(c2ccccc2)c2ccccc2)c2ccccc2)cc1. The molecule has 47 heavy (non-hydrogen) atoms. The number of hydrogen-bond acceptors (Lipinski definition) is 0. The summed E-state index contributed by atoms with van der Waals surface area (Å²) in [6.45, 7) is 18.4. The van der Waals surface area contributed by atoms with Gasteiger partial charge >= 0.3 is 17.1 Å². The molecule has 0 radical (unpaired) electrons. The Bertz CT molecular complexity index is 1310. The van der Waals surface area contributed by atoms with Gasteiger partial charge in [0.05, 0.1) is 0 Å². The van der Waals surface area contributed by atoms with Crippen LogP contribution in [0.15, 0.2) is 121 Å². The van der Waals surface area contributed by atoms with Gasteiger partial charge in [0, 0.05) is 0 Å². The van der Waals surface area contributed by atoms with Gasteiger partial charge in [-0.15, -0.1) is 0 Å². The predicted molar refractivity (Wildman–Crippen MR) is 212 cm³/mol. The van der Waals surface area contributed by atoms with Crippen molar-refractivity contribution in [1.29, 1.82) is 0 Å². The summed E-state index contributed by atoms with van der Waals surface area (Å²) in [5.41, 5.74) is 2.96. The van der Waals surface area contributed by atoms with Crippen molar-refractivity contribution < 1.29 is 17.1 Å². The zero-order valence-corrected chi connectivity index (χ0v) is 33.5. The van der Waals surface area contributed by atoms with Crippen molar-refractivity contribution in [3.8, 4) is 17.4 Å². The molecule has 0 heterocycles. The van der Waals surface area contributed by atoms with Crippen LogP contribution in [-0.2, 0) is 17.1 Å². The van der Waals surface area contributed by atoms with E-state index in [0.29, 0.717) is 0 Å². The Morgan fingerprint density at radius 3 is 0.894 bits per heavy atom. The van der Waals surface area contributed by atoms with Crippen molar-refractivity contribution in [1.82, 2.24) is 0 Å². The van der Waals surface area contributed by atoms with Gasteiger partial charge in [-0.3, -0.25) is 11.8 Å². The monoisotopic (exact) mass is 715 g/mol. The quantitative estimate of drug-likeness (QED) is 0.0774. The Morgan fingerprint density at radius 1 is 0.489 bits per heavy atom. The van der Waals surface area contributed by atoms with Crippen LogP contribution in [-0.4, -0.2) is 20.4 Å². The van der Waals surface area contributed by atoms with Gasteiger partial charge in [-0.1, -0.05) is 176 Å². The molecular weight excluding hydrogens is 662 g/mol. The van der Waals surface area contributed by atoms with Crippen molar-refractivity contribution in [2.75, 3.05) is 12.3 Å². The van der Waals surface area contributed by atoms with Gasteiger partial charge in [-0.2, -0.15) is 0 Å². The van der Waals surface area contributed by atoms with Crippen molar-refractivity contribution >= 4 is 45.1 Å². The summed E-state index contributed by atoms with van der Waals surface area (Å²) in [7, 11) is -1.92. The van der Waals surface area contributed by atoms with Gasteiger partial charge in [0.2, 0.25) is 0 Å². The Morgan fingerprint density at radius 2 is 0.723 bits per heavy atom. The van der Waals surface area contributed by atoms with E-state index in [2.05, 4.69) is 187 Å². The molecule has 1 aliphatic carbocycles. The second kappa shape index (κ2) is 20.8. The molecule has 0 N–H and O–H groups in total. The maximum Gasteiger partial charge on any atom is 2.00 e. The molecule has 246 valence electrons. The zero-order chi connectivity index (χ0) is 33.5. The van der Waals surface area contributed by atoms with Gasteiger partial charge in [-0.25, -0.2) is 5.54 Å². The van der Waals surface area contributed by atoms with Gasteiger partial charge in [0.25, 0.3) is 0 Å². The van der Waals surface area contributed by atoms with Crippen LogP contribution in [0.4, 0.5) is 0 Å². The minimum atomic E-state index is -1.22. The van der Waals surface area contributed by atoms with E-state index in [1.54, 1.807) is 0 Å². The smallest absolute Gasteiger partial charge is 0.358 e. The average Bonchev–Trinajstić information content (AvgIpc) is 3.25. The summed E-state index contributed by atoms with van der Waals surface area (Å²) in [4.78, 5) is 0. The average molecular weight is 716 g/mol. The largest absolute Gasteiger partial charge is 2.00 e. The number of hydrogen-bond donors (Lipinski definition) is 0. The van der Waals surface area contributed by atoms with Crippen LogP contribution < -0.4 is 21.2 Å². The van der Waals surface area contributed by atoms with Crippen LogP contribution in [0.25, 0.3) is 0 Å². The summed E-state index contributed by atoms with van der Waals surface area (Å²) < 4.78 is 0. The molecule has 0 aromatic heterocycles. The molecule has 0 atom stereocenters. The van der Waals surface area contributed by atoms with Crippen LogP contribution in [0.5, 0.6) is 0 Å². The molecule has 0 spiro atoms. The molecular formula is C43H53FeP2Si+. The Kier molecular flexibility index (Phi) is 18.1. The minimum absolute atomic E-state index is 0. The summed E-state index contributed by atoms with van der Waals surface area (Å²) in [6.07, 6.45) is 8.90. The standard InChI is InChI=1S/C26H24P2.C10H20.C7H9Si.Fe/c1-5-13-23(14-6-1)27(24-15-7-2-8-16-24)21-22-28(25-17-9-3-10-18-25)26-19-11-4-12-20-26;1-6-7(2)9(4)10(5)8(6)3;1-5-6-7-8(2,3)4;/h1-20H,21-22H2;6-10H,1-5H3;2-4H3;/q;;-1;+2. The third kappa shape index (κ3) is 13.2. The van der Waals surface area contributed by atoms with Crippen molar-refractivity contribution in [2.24, 2.45) is 29.6 Å². The van der Waals surface area contributed by atoms with Crippen molar-refractivity contribution in [3.63, 3.8) is 0 Å². The van der Waals surface area contributed by atoms with Crippen LogP contribution >= 0.6 is 15.8 Å². The predicted octanol–water partition coefficient (Wildman–Crippen LogP) is 9.89. The number of rotatable bonds is 7. The summed E-state index contributed by atoms with van der Waals surface area (Å²) in [6, 6.07) is 44.2. The molecule has 0 bridgehead atoms. The van der Waals surface area contributed by atoms with Crippen LogP contribution in [0.3, 0.4) is 0 Å². The maximum atomic E-state index is 6.48. The molecule has 0 aliphatic heterocycles. The van der Waals surface area contributed by atoms with E-state index < -0.39 is 8.07 Å². The van der Waals surface area contributed by atoms with Gasteiger partial charge in [0.15, 0.2) is 0 Å². The second-order valence-corrected chi connectivity index (χ2v) is 23.0. The molecule has 0 saturated heterocycles. The van der Waals surface area contributed by atoms with Crippen molar-refractivity contribution in [3.05, 3.63) is 128 Å². The topological polar surface area (TPSA) is 0 Å². The molecule has 4 aromatic rings. The first-order chi connectivity index (χ1) is 22.0. The fourth-order valence-corrected chi connectivity index (χ4v) is 11.9. The normalized spacial score (nSPS) is 19.9. The first-order valence-electron chi connectivity index (χ1n) is 16.7. The fourth-order valence-electron chi connectivity index (χ4n) is 6.06. The van der Waals surface area contributed by atoms with Gasteiger partial charge in [-0.05, 0) is 79.0 Å². The van der Waals surface area contributed by atoms with E-state index in [9.17, 15) is 0 Å². The Hall–Kier alpha value is -2.40. The maximum absolute atomic E-state index is 6.48. The Balaban J connectivity index is 0.000000333. The van der Waals surface area contributed by atoms with Crippen LogP contribution in [0.2, 0.25) is 19.6 Å². The van der Waals surface area contributed by atoms with E-state index in [0.717, 1.165) is 29.6 Å². The van der Waals surface area contributed by atoms with Crippen LogP contribution in [0, 0.1) is 53.4 Å². The van der Waals surface area contributed by atoms with E-state index in [4.69, 9.17) is 6.42 Å². The second-order valence-electron chi connectivity index (χ2n) is 13.6. The van der Waals surface area contributed by atoms with E-state index in [1.165, 1.54) is 33.5 Å².